The molecule has 32 valence electrons. The minimum absolute atomic E-state index is 0. The average Bonchev–Trinajstić information content (AvgIpc) is 1.38. The zero-order chi connectivity index (χ0) is 4.28. The summed E-state index contributed by atoms with van der Waals surface area (Å²) in [5.74, 6) is 0. The molecule has 0 aromatic rings. The first-order chi connectivity index (χ1) is 2.27. The van der Waals surface area contributed by atoms with Crippen molar-refractivity contribution in [2.24, 2.45) is 0 Å². The smallest absolute Gasteiger partial charge is 0.170 e. The van der Waals surface area contributed by atoms with Crippen molar-refractivity contribution in [1.82, 2.24) is 0 Å². The van der Waals surface area contributed by atoms with Crippen LogP contribution in [-0.4, -0.2) is 16.5 Å². The zero-order valence-corrected chi connectivity index (χ0v) is 6.43. The Hall–Kier alpha value is 0.283. The zero-order valence-electron chi connectivity index (χ0n) is 3.46. The van der Waals surface area contributed by atoms with Crippen LogP contribution < -0.4 is 0 Å². The van der Waals surface area contributed by atoms with Gasteiger partial charge in [0, 0.05) is 19.5 Å². The van der Waals surface area contributed by atoms with Crippen LogP contribution in [0.4, 0.5) is 0 Å². The molecule has 0 aromatic carbocycles. The molecule has 0 unspecified atom stereocenters. The summed E-state index contributed by atoms with van der Waals surface area (Å²) in [7, 11) is 0. The maximum Gasteiger partial charge on any atom is 0.170 e. The first-order valence-corrected chi connectivity index (χ1v) is 1.26. The Kier molecular flexibility index (Phi) is 8.42. The summed E-state index contributed by atoms with van der Waals surface area (Å²) in [5.41, 5.74) is 0. The molecule has 0 aliphatic carbocycles. The van der Waals surface area contributed by atoms with Crippen molar-refractivity contribution >= 4 is 0 Å². The molecule has 0 saturated carbocycles. The van der Waals surface area contributed by atoms with Crippen LogP contribution in [0.15, 0.2) is 12.7 Å². The predicted molar refractivity (Wildman–Crippen MR) is 18.4 cm³/mol. The van der Waals surface area contributed by atoms with Gasteiger partial charge in [-0.2, -0.15) is 0 Å². The van der Waals surface area contributed by atoms with Gasteiger partial charge in [-0.15, -0.1) is 0 Å². The summed E-state index contributed by atoms with van der Waals surface area (Å²) in [4.78, 5) is 0. The van der Waals surface area contributed by atoms with Gasteiger partial charge in [0.15, 0.2) is 6.29 Å². The van der Waals surface area contributed by atoms with E-state index in [1.54, 1.807) is 0 Å². The largest absolute Gasteiger partial charge is 0.365 e. The van der Waals surface area contributed by atoms with Crippen molar-refractivity contribution < 1.29 is 29.7 Å². The standard InChI is InChI=1S/C3H6O2.Zn/c1-2-3(4)5;/h2-5H,1H2;. The molecule has 0 spiro atoms. The van der Waals surface area contributed by atoms with Crippen molar-refractivity contribution in [2.45, 2.75) is 6.29 Å². The third-order valence-corrected chi connectivity index (χ3v) is 0.211. The van der Waals surface area contributed by atoms with Crippen LogP contribution in [0.2, 0.25) is 0 Å². The Morgan fingerprint density at radius 2 is 1.67 bits per heavy atom. The Morgan fingerprint density at radius 3 is 1.67 bits per heavy atom. The first kappa shape index (κ1) is 9.56. The van der Waals surface area contributed by atoms with Gasteiger partial charge >= 0.3 is 0 Å². The average molecular weight is 139 g/mol. The van der Waals surface area contributed by atoms with Crippen LogP contribution in [0.3, 0.4) is 0 Å². The van der Waals surface area contributed by atoms with Gasteiger partial charge in [0.1, 0.15) is 0 Å². The van der Waals surface area contributed by atoms with Gasteiger partial charge in [-0.3, -0.25) is 0 Å². The second kappa shape index (κ2) is 5.28. The summed E-state index contributed by atoms with van der Waals surface area (Å²) in [6, 6.07) is 0. The molecular formula is C3H6O2Zn. The van der Waals surface area contributed by atoms with Crippen molar-refractivity contribution in [3.05, 3.63) is 12.7 Å². The maximum atomic E-state index is 7.80. The number of aliphatic hydroxyl groups excluding tert-OH is 1. The van der Waals surface area contributed by atoms with E-state index >= 15 is 0 Å². The molecule has 6 heavy (non-hydrogen) atoms. The number of hydrogen-bond acceptors (Lipinski definition) is 2. The number of rotatable bonds is 1. The van der Waals surface area contributed by atoms with E-state index in [2.05, 4.69) is 6.58 Å². The molecule has 0 fully saturated rings. The van der Waals surface area contributed by atoms with E-state index in [1.807, 2.05) is 0 Å². The van der Waals surface area contributed by atoms with Crippen molar-refractivity contribution in [3.63, 3.8) is 0 Å². The Balaban J connectivity index is 0. The Bertz CT molecular complexity index is 35.8. The van der Waals surface area contributed by atoms with Crippen LogP contribution in [0.5, 0.6) is 0 Å². The van der Waals surface area contributed by atoms with Gasteiger partial charge in [-0.05, 0) is 6.08 Å². The van der Waals surface area contributed by atoms with Crippen molar-refractivity contribution in [2.75, 3.05) is 0 Å². The first-order valence-electron chi connectivity index (χ1n) is 1.26. The molecule has 0 heterocycles. The molecule has 0 radical (unpaired) electrons. The number of hydrogen-bond donors (Lipinski definition) is 2. The molecule has 0 amide bonds. The molecule has 0 aliphatic rings. The van der Waals surface area contributed by atoms with Crippen LogP contribution in [0, 0.1) is 0 Å². The Labute approximate surface area is 49.3 Å². The van der Waals surface area contributed by atoms with Gasteiger partial charge in [0.25, 0.3) is 0 Å². The molecule has 0 aromatic heterocycles. The fourth-order valence-corrected chi connectivity index (χ4v) is 0. The van der Waals surface area contributed by atoms with Crippen molar-refractivity contribution in [3.8, 4) is 0 Å². The predicted octanol–water partition coefficient (Wildman–Crippen LogP) is -0.519. The SMILES string of the molecule is C=CC(O)O.[Zn]. The van der Waals surface area contributed by atoms with E-state index < -0.39 is 6.29 Å². The molecule has 0 rings (SSSR count). The third-order valence-electron chi connectivity index (χ3n) is 0.211. The number of aliphatic hydroxyl groups is 2. The normalized spacial score (nSPS) is 7.17. The van der Waals surface area contributed by atoms with Crippen molar-refractivity contribution in [1.29, 1.82) is 0 Å². The van der Waals surface area contributed by atoms with Crippen LogP contribution in [0.25, 0.3) is 0 Å². The maximum absolute atomic E-state index is 7.80. The molecule has 0 saturated heterocycles. The third kappa shape index (κ3) is 8.86. The van der Waals surface area contributed by atoms with E-state index in [4.69, 9.17) is 10.2 Å². The molecule has 2 N–H and O–H groups in total. The van der Waals surface area contributed by atoms with Crippen LogP contribution >= 0.6 is 0 Å². The van der Waals surface area contributed by atoms with E-state index in [9.17, 15) is 0 Å². The van der Waals surface area contributed by atoms with Gasteiger partial charge in [0.2, 0.25) is 0 Å². The van der Waals surface area contributed by atoms with E-state index in [0.717, 1.165) is 6.08 Å². The molecule has 0 bridgehead atoms. The fraction of sp³-hybridized carbons (Fsp3) is 0.333. The molecule has 0 aliphatic heterocycles. The molecule has 0 atom stereocenters. The summed E-state index contributed by atoms with van der Waals surface area (Å²) in [6.45, 7) is 3.06. The van der Waals surface area contributed by atoms with Gasteiger partial charge in [0.05, 0.1) is 0 Å². The summed E-state index contributed by atoms with van der Waals surface area (Å²) >= 11 is 0. The van der Waals surface area contributed by atoms with Gasteiger partial charge in [-0.1, -0.05) is 6.58 Å². The minimum Gasteiger partial charge on any atom is -0.365 e. The minimum atomic E-state index is -1.35. The van der Waals surface area contributed by atoms with Gasteiger partial charge in [-0.25, -0.2) is 0 Å². The summed E-state index contributed by atoms with van der Waals surface area (Å²) in [5, 5.41) is 15.6. The summed E-state index contributed by atoms with van der Waals surface area (Å²) < 4.78 is 0. The fourth-order valence-electron chi connectivity index (χ4n) is 0. The second-order valence-electron chi connectivity index (χ2n) is 0.649. The second-order valence-corrected chi connectivity index (χ2v) is 0.649. The molecular weight excluding hydrogens is 133 g/mol. The van der Waals surface area contributed by atoms with Crippen LogP contribution in [0.1, 0.15) is 0 Å². The van der Waals surface area contributed by atoms with Crippen LogP contribution in [-0.2, 0) is 19.5 Å². The monoisotopic (exact) mass is 138 g/mol. The van der Waals surface area contributed by atoms with Gasteiger partial charge < -0.3 is 10.2 Å². The quantitative estimate of drug-likeness (QED) is 0.292. The van der Waals surface area contributed by atoms with E-state index in [-0.39, 0.29) is 19.5 Å². The Morgan fingerprint density at radius 1 is 1.50 bits per heavy atom. The molecule has 2 nitrogen and oxygen atoms in total. The topological polar surface area (TPSA) is 40.5 Å². The molecule has 3 heteroatoms. The summed E-state index contributed by atoms with van der Waals surface area (Å²) in [6.07, 6.45) is -0.324. The van der Waals surface area contributed by atoms with E-state index in [1.165, 1.54) is 0 Å². The van der Waals surface area contributed by atoms with E-state index in [0.29, 0.717) is 0 Å².